The molecule has 0 radical (unpaired) electrons. The molecule has 3 nitrogen and oxygen atoms in total. The number of carbonyl (C=O) groups is 2. The molecule has 0 aromatic heterocycles. The Kier molecular flexibility index (Phi) is 2.89. The average molecular weight is 208 g/mol. The second-order valence-electron chi connectivity index (χ2n) is 4.22. The van der Waals surface area contributed by atoms with Crippen molar-refractivity contribution in [2.45, 2.75) is 26.2 Å². The van der Waals surface area contributed by atoms with Crippen molar-refractivity contribution in [1.29, 1.82) is 0 Å². The first kappa shape index (κ1) is 10.4. The summed E-state index contributed by atoms with van der Waals surface area (Å²) in [6, 6.07) is 0. The predicted octanol–water partition coefficient (Wildman–Crippen LogP) is 1.72. The van der Waals surface area contributed by atoms with Crippen LogP contribution in [0.3, 0.4) is 0 Å². The number of hydrogen-bond donors (Lipinski definition) is 0. The van der Waals surface area contributed by atoms with Crippen molar-refractivity contribution in [1.82, 2.24) is 0 Å². The van der Waals surface area contributed by atoms with E-state index in [0.29, 0.717) is 18.8 Å². The number of rotatable bonds is 2. The van der Waals surface area contributed by atoms with Crippen LogP contribution in [0.2, 0.25) is 0 Å². The van der Waals surface area contributed by atoms with Crippen LogP contribution < -0.4 is 0 Å². The molecule has 3 heteroatoms. The van der Waals surface area contributed by atoms with Gasteiger partial charge >= 0.3 is 5.97 Å². The molecule has 1 saturated carbocycles. The van der Waals surface area contributed by atoms with Crippen LogP contribution in [0.25, 0.3) is 0 Å². The van der Waals surface area contributed by atoms with Crippen LogP contribution >= 0.6 is 0 Å². The van der Waals surface area contributed by atoms with E-state index in [1.54, 1.807) is 0 Å². The summed E-state index contributed by atoms with van der Waals surface area (Å²) in [5.41, 5.74) is 0. The second kappa shape index (κ2) is 4.17. The fourth-order valence-corrected chi connectivity index (χ4v) is 2.68. The highest BCUT2D eigenvalue weighted by atomic mass is 16.5. The van der Waals surface area contributed by atoms with Crippen molar-refractivity contribution in [2.75, 3.05) is 6.61 Å². The van der Waals surface area contributed by atoms with Gasteiger partial charge in [0, 0.05) is 12.3 Å². The summed E-state index contributed by atoms with van der Waals surface area (Å²) in [4.78, 5) is 23.2. The third-order valence-electron chi connectivity index (χ3n) is 3.41. The van der Waals surface area contributed by atoms with Crippen LogP contribution in [-0.2, 0) is 14.3 Å². The highest BCUT2D eigenvalue weighted by Crippen LogP contribution is 2.40. The zero-order chi connectivity index (χ0) is 10.8. The molecule has 2 unspecified atom stereocenters. The van der Waals surface area contributed by atoms with Crippen LogP contribution in [0.15, 0.2) is 12.2 Å². The van der Waals surface area contributed by atoms with Crippen molar-refractivity contribution >= 4 is 11.8 Å². The summed E-state index contributed by atoms with van der Waals surface area (Å²) in [5.74, 6) is 0.234. The molecule has 2 rings (SSSR count). The van der Waals surface area contributed by atoms with Crippen molar-refractivity contribution in [3.05, 3.63) is 12.2 Å². The largest absolute Gasteiger partial charge is 0.466 e. The number of fused-ring (bicyclic) bond motifs is 1. The molecule has 82 valence electrons. The van der Waals surface area contributed by atoms with Gasteiger partial charge in [-0.1, -0.05) is 12.2 Å². The normalized spacial score (nSPS) is 33.9. The lowest BCUT2D eigenvalue weighted by Crippen LogP contribution is -2.30. The average Bonchev–Trinajstić information content (AvgIpc) is 2.61. The number of Topliss-reactive ketones (excluding diaryl/α,β-unsaturated/α-hetero) is 1. The summed E-state index contributed by atoms with van der Waals surface area (Å²) >= 11 is 0. The van der Waals surface area contributed by atoms with Gasteiger partial charge in [0.15, 0.2) is 0 Å². The molecule has 0 heterocycles. The van der Waals surface area contributed by atoms with E-state index in [4.69, 9.17) is 4.74 Å². The maximum atomic E-state index is 11.7. The van der Waals surface area contributed by atoms with Gasteiger partial charge in [0.25, 0.3) is 0 Å². The molecule has 0 N–H and O–H groups in total. The lowest BCUT2D eigenvalue weighted by Gasteiger charge is -2.26. The highest BCUT2D eigenvalue weighted by molar-refractivity contribution is 5.86. The van der Waals surface area contributed by atoms with Crippen molar-refractivity contribution in [3.63, 3.8) is 0 Å². The zero-order valence-corrected chi connectivity index (χ0v) is 8.94. The van der Waals surface area contributed by atoms with Gasteiger partial charge in [-0.3, -0.25) is 9.59 Å². The Balaban J connectivity index is 2.12. The molecule has 0 aliphatic heterocycles. The lowest BCUT2D eigenvalue weighted by atomic mass is 9.78. The molecule has 0 bridgehead atoms. The van der Waals surface area contributed by atoms with E-state index >= 15 is 0 Å². The van der Waals surface area contributed by atoms with Gasteiger partial charge < -0.3 is 4.74 Å². The fourth-order valence-electron chi connectivity index (χ4n) is 2.68. The molecular weight excluding hydrogens is 192 g/mol. The second-order valence-corrected chi connectivity index (χ2v) is 4.22. The minimum atomic E-state index is -0.185. The summed E-state index contributed by atoms with van der Waals surface area (Å²) in [6.45, 7) is 2.22. The minimum Gasteiger partial charge on any atom is -0.466 e. The summed E-state index contributed by atoms with van der Waals surface area (Å²) in [6.07, 6.45) is 6.15. The first-order valence-electron chi connectivity index (χ1n) is 5.60. The Labute approximate surface area is 89.5 Å². The Bertz CT molecular complexity index is 306. The third kappa shape index (κ3) is 1.83. The van der Waals surface area contributed by atoms with E-state index in [2.05, 4.69) is 0 Å². The topological polar surface area (TPSA) is 43.4 Å². The number of ether oxygens (including phenoxy) is 1. The molecule has 2 aliphatic carbocycles. The van der Waals surface area contributed by atoms with Gasteiger partial charge in [0.2, 0.25) is 0 Å². The van der Waals surface area contributed by atoms with Gasteiger partial charge in [-0.2, -0.15) is 0 Å². The molecule has 15 heavy (non-hydrogen) atoms. The van der Waals surface area contributed by atoms with Gasteiger partial charge in [0.05, 0.1) is 12.5 Å². The zero-order valence-electron chi connectivity index (χ0n) is 8.94. The number of ketones is 1. The lowest BCUT2D eigenvalue weighted by molar-refractivity contribution is -0.148. The summed E-state index contributed by atoms with van der Waals surface area (Å²) in [5, 5.41) is 0. The first-order valence-corrected chi connectivity index (χ1v) is 5.60. The molecule has 0 amide bonds. The van der Waals surface area contributed by atoms with Gasteiger partial charge in [0.1, 0.15) is 5.78 Å². The quantitative estimate of drug-likeness (QED) is 0.512. The van der Waals surface area contributed by atoms with E-state index in [-0.39, 0.29) is 23.7 Å². The smallest absolute Gasteiger partial charge is 0.313 e. The Hall–Kier alpha value is -1.12. The van der Waals surface area contributed by atoms with E-state index in [0.717, 1.165) is 12.8 Å². The van der Waals surface area contributed by atoms with E-state index in [1.165, 1.54) is 0 Å². The highest BCUT2D eigenvalue weighted by Gasteiger charge is 2.42. The predicted molar refractivity (Wildman–Crippen MR) is 55.1 cm³/mol. The molecule has 0 saturated heterocycles. The number of esters is 1. The molecule has 0 aromatic carbocycles. The molecular formula is C12H16O3. The van der Waals surface area contributed by atoms with E-state index in [9.17, 15) is 9.59 Å². The first-order chi connectivity index (χ1) is 7.24. The van der Waals surface area contributed by atoms with Crippen LogP contribution in [0, 0.1) is 17.8 Å². The van der Waals surface area contributed by atoms with Crippen LogP contribution in [0.1, 0.15) is 26.2 Å². The van der Waals surface area contributed by atoms with Crippen molar-refractivity contribution in [3.8, 4) is 0 Å². The SMILES string of the molecule is CCOC(=O)C1C=CCC2C(=O)CC[C@H]12. The van der Waals surface area contributed by atoms with E-state index in [1.807, 2.05) is 19.1 Å². The van der Waals surface area contributed by atoms with Crippen LogP contribution in [0.4, 0.5) is 0 Å². The van der Waals surface area contributed by atoms with Crippen LogP contribution in [-0.4, -0.2) is 18.4 Å². The molecule has 3 atom stereocenters. The molecule has 1 fully saturated rings. The monoisotopic (exact) mass is 208 g/mol. The van der Waals surface area contributed by atoms with Crippen molar-refractivity contribution < 1.29 is 14.3 Å². The molecule has 2 aliphatic rings. The summed E-state index contributed by atoms with van der Waals surface area (Å²) < 4.78 is 5.02. The Morgan fingerprint density at radius 3 is 3.13 bits per heavy atom. The Morgan fingerprint density at radius 1 is 1.60 bits per heavy atom. The Morgan fingerprint density at radius 2 is 2.40 bits per heavy atom. The maximum Gasteiger partial charge on any atom is 0.313 e. The summed E-state index contributed by atoms with van der Waals surface area (Å²) in [7, 11) is 0. The number of allylic oxidation sites excluding steroid dienone is 1. The van der Waals surface area contributed by atoms with Crippen molar-refractivity contribution in [2.24, 2.45) is 17.8 Å². The van der Waals surface area contributed by atoms with Gasteiger partial charge in [-0.15, -0.1) is 0 Å². The minimum absolute atomic E-state index is 0.0735. The third-order valence-corrected chi connectivity index (χ3v) is 3.41. The maximum absolute atomic E-state index is 11.7. The van der Waals surface area contributed by atoms with E-state index < -0.39 is 0 Å². The van der Waals surface area contributed by atoms with Gasteiger partial charge in [-0.05, 0) is 25.7 Å². The molecule has 0 aromatic rings. The van der Waals surface area contributed by atoms with Gasteiger partial charge in [-0.25, -0.2) is 0 Å². The van der Waals surface area contributed by atoms with Crippen LogP contribution in [0.5, 0.6) is 0 Å². The standard InChI is InChI=1S/C12H16O3/c1-2-15-12(14)10-5-3-4-9-8(10)6-7-11(9)13/h3,5,8-10H,2,4,6-7H2,1H3/t8-,9?,10?/m0/s1. The number of hydrogen-bond acceptors (Lipinski definition) is 3. The fraction of sp³-hybridized carbons (Fsp3) is 0.667. The number of carbonyl (C=O) groups excluding carboxylic acids is 2. The molecule has 0 spiro atoms.